The van der Waals surface area contributed by atoms with E-state index in [0.717, 1.165) is 24.0 Å². The Bertz CT molecular complexity index is 724. The van der Waals surface area contributed by atoms with Crippen LogP contribution in [0.15, 0.2) is 23.1 Å². The van der Waals surface area contributed by atoms with E-state index in [-0.39, 0.29) is 17.4 Å². The Labute approximate surface area is 142 Å². The largest absolute Gasteiger partial charge is 0.455 e. The number of hydrogen-bond donors (Lipinski definition) is 1. The molecule has 1 aliphatic rings. The van der Waals surface area contributed by atoms with Gasteiger partial charge in [-0.1, -0.05) is 6.07 Å². The van der Waals surface area contributed by atoms with Gasteiger partial charge in [-0.2, -0.15) is 4.72 Å². The van der Waals surface area contributed by atoms with Gasteiger partial charge in [-0.15, -0.1) is 0 Å². The lowest BCUT2D eigenvalue weighted by Gasteiger charge is -2.15. The van der Waals surface area contributed by atoms with Crippen LogP contribution in [0.2, 0.25) is 0 Å². The highest BCUT2D eigenvalue weighted by molar-refractivity contribution is 7.89. The van der Waals surface area contributed by atoms with Crippen LogP contribution in [-0.4, -0.2) is 51.4 Å². The van der Waals surface area contributed by atoms with Gasteiger partial charge in [0, 0.05) is 13.1 Å². The normalized spacial score (nSPS) is 14.7. The Morgan fingerprint density at radius 1 is 1.17 bits per heavy atom. The van der Waals surface area contributed by atoms with Crippen molar-refractivity contribution in [1.82, 2.24) is 9.62 Å². The molecular formula is C16H22N2O5S. The maximum atomic E-state index is 12.2. The minimum absolute atomic E-state index is 0.0894. The number of likely N-dealkylation sites (tertiary alicyclic amines) is 1. The van der Waals surface area contributed by atoms with Crippen molar-refractivity contribution in [1.29, 1.82) is 0 Å². The quantitative estimate of drug-likeness (QED) is 0.761. The van der Waals surface area contributed by atoms with Gasteiger partial charge in [0.1, 0.15) is 6.54 Å². The van der Waals surface area contributed by atoms with Crippen molar-refractivity contribution in [3.05, 3.63) is 29.3 Å². The standard InChI is InChI=1S/C16H22N2O5S/c1-12-5-6-14(9-13(12)2)24(21,22)17-10-16(20)23-11-15(19)18-7-3-4-8-18/h5-6,9,17H,3-4,7-8,10-11H2,1-2H3. The third-order valence-corrected chi connectivity index (χ3v) is 5.41. The number of nitrogens with one attached hydrogen (secondary N) is 1. The summed E-state index contributed by atoms with van der Waals surface area (Å²) in [5.41, 5.74) is 1.82. The molecule has 0 aliphatic carbocycles. The minimum Gasteiger partial charge on any atom is -0.455 e. The first-order valence-electron chi connectivity index (χ1n) is 7.80. The van der Waals surface area contributed by atoms with Crippen LogP contribution in [0.1, 0.15) is 24.0 Å². The van der Waals surface area contributed by atoms with Crippen LogP contribution in [0.25, 0.3) is 0 Å². The van der Waals surface area contributed by atoms with Crippen LogP contribution in [-0.2, 0) is 24.3 Å². The predicted molar refractivity (Wildman–Crippen MR) is 87.9 cm³/mol. The maximum Gasteiger partial charge on any atom is 0.321 e. The summed E-state index contributed by atoms with van der Waals surface area (Å²) in [6, 6.07) is 4.73. The second-order valence-corrected chi connectivity index (χ2v) is 7.59. The lowest BCUT2D eigenvalue weighted by molar-refractivity contribution is -0.150. The Hall–Kier alpha value is -1.93. The molecule has 0 unspecified atom stereocenters. The number of nitrogens with zero attached hydrogens (tertiary/aromatic N) is 1. The molecule has 0 atom stereocenters. The molecule has 1 heterocycles. The molecule has 1 aromatic rings. The van der Waals surface area contributed by atoms with Crippen molar-refractivity contribution >= 4 is 21.9 Å². The zero-order valence-corrected chi connectivity index (χ0v) is 14.7. The predicted octanol–water partition coefficient (Wildman–Crippen LogP) is 0.747. The van der Waals surface area contributed by atoms with Gasteiger partial charge in [-0.3, -0.25) is 9.59 Å². The number of sulfonamides is 1. The molecule has 0 saturated carbocycles. The zero-order chi connectivity index (χ0) is 17.7. The summed E-state index contributed by atoms with van der Waals surface area (Å²) in [7, 11) is -3.79. The Balaban J connectivity index is 1.83. The van der Waals surface area contributed by atoms with E-state index in [0.29, 0.717) is 13.1 Å². The number of rotatable bonds is 6. The monoisotopic (exact) mass is 354 g/mol. The first-order chi connectivity index (χ1) is 11.3. The molecule has 0 aromatic heterocycles. The van der Waals surface area contributed by atoms with Gasteiger partial charge < -0.3 is 9.64 Å². The van der Waals surface area contributed by atoms with E-state index in [1.165, 1.54) is 6.07 Å². The van der Waals surface area contributed by atoms with Crippen LogP contribution in [0.4, 0.5) is 0 Å². The molecule has 0 radical (unpaired) electrons. The van der Waals surface area contributed by atoms with E-state index in [1.807, 2.05) is 13.8 Å². The molecule has 24 heavy (non-hydrogen) atoms. The van der Waals surface area contributed by atoms with Gasteiger partial charge in [-0.05, 0) is 49.9 Å². The van der Waals surface area contributed by atoms with Crippen LogP contribution >= 0.6 is 0 Å². The summed E-state index contributed by atoms with van der Waals surface area (Å²) in [5.74, 6) is -1.03. The van der Waals surface area contributed by atoms with Crippen LogP contribution in [0.5, 0.6) is 0 Å². The van der Waals surface area contributed by atoms with E-state index in [4.69, 9.17) is 4.74 Å². The molecule has 0 bridgehead atoms. The summed E-state index contributed by atoms with van der Waals surface area (Å²) in [5, 5.41) is 0. The SMILES string of the molecule is Cc1ccc(S(=O)(=O)NCC(=O)OCC(=O)N2CCCC2)cc1C. The van der Waals surface area contributed by atoms with Gasteiger partial charge in [0.05, 0.1) is 4.90 Å². The van der Waals surface area contributed by atoms with Crippen LogP contribution in [0, 0.1) is 13.8 Å². The average Bonchev–Trinajstić information content (AvgIpc) is 3.07. The van der Waals surface area contributed by atoms with Crippen molar-refractivity contribution in [3.8, 4) is 0 Å². The molecule has 1 N–H and O–H groups in total. The molecule has 1 fully saturated rings. The molecule has 1 aromatic carbocycles. The molecule has 7 nitrogen and oxygen atoms in total. The summed E-state index contributed by atoms with van der Waals surface area (Å²) in [6.07, 6.45) is 1.91. The van der Waals surface area contributed by atoms with Crippen molar-refractivity contribution in [3.63, 3.8) is 0 Å². The van der Waals surface area contributed by atoms with Crippen molar-refractivity contribution in [2.75, 3.05) is 26.2 Å². The van der Waals surface area contributed by atoms with E-state index >= 15 is 0 Å². The van der Waals surface area contributed by atoms with E-state index in [2.05, 4.69) is 4.72 Å². The smallest absolute Gasteiger partial charge is 0.321 e. The number of carbonyl (C=O) groups excluding carboxylic acids is 2. The lowest BCUT2D eigenvalue weighted by atomic mass is 10.1. The maximum absolute atomic E-state index is 12.2. The topological polar surface area (TPSA) is 92.8 Å². The number of hydrogen-bond acceptors (Lipinski definition) is 5. The minimum atomic E-state index is -3.79. The number of aryl methyl sites for hydroxylation is 2. The summed E-state index contributed by atoms with van der Waals surface area (Å²) in [6.45, 7) is 4.18. The fourth-order valence-electron chi connectivity index (χ4n) is 2.37. The molecule has 1 saturated heterocycles. The van der Waals surface area contributed by atoms with Crippen molar-refractivity contribution < 1.29 is 22.7 Å². The molecule has 0 spiro atoms. The van der Waals surface area contributed by atoms with Gasteiger partial charge in [0.2, 0.25) is 10.0 Å². The molecule has 1 amide bonds. The second-order valence-electron chi connectivity index (χ2n) is 5.82. The van der Waals surface area contributed by atoms with Gasteiger partial charge >= 0.3 is 5.97 Å². The number of amides is 1. The third kappa shape index (κ3) is 4.78. The second kappa shape index (κ2) is 7.76. The fourth-order valence-corrected chi connectivity index (χ4v) is 3.42. The van der Waals surface area contributed by atoms with Gasteiger partial charge in [-0.25, -0.2) is 8.42 Å². The van der Waals surface area contributed by atoms with E-state index in [1.54, 1.807) is 17.0 Å². The van der Waals surface area contributed by atoms with E-state index in [9.17, 15) is 18.0 Å². The number of esters is 1. The zero-order valence-electron chi connectivity index (χ0n) is 13.9. The molecule has 8 heteroatoms. The highest BCUT2D eigenvalue weighted by atomic mass is 32.2. The first kappa shape index (κ1) is 18.4. The average molecular weight is 354 g/mol. The summed E-state index contributed by atoms with van der Waals surface area (Å²) >= 11 is 0. The Kier molecular flexibility index (Phi) is 5.95. The van der Waals surface area contributed by atoms with Gasteiger partial charge in [0.25, 0.3) is 5.91 Å². The number of ether oxygens (including phenoxy) is 1. The van der Waals surface area contributed by atoms with Gasteiger partial charge in [0.15, 0.2) is 6.61 Å². The Morgan fingerprint density at radius 2 is 1.83 bits per heavy atom. The number of benzene rings is 1. The van der Waals surface area contributed by atoms with Crippen LogP contribution in [0.3, 0.4) is 0 Å². The highest BCUT2D eigenvalue weighted by Gasteiger charge is 2.20. The molecular weight excluding hydrogens is 332 g/mol. The van der Waals surface area contributed by atoms with E-state index < -0.39 is 22.5 Å². The number of carbonyl (C=O) groups is 2. The Morgan fingerprint density at radius 3 is 2.46 bits per heavy atom. The van der Waals surface area contributed by atoms with Crippen molar-refractivity contribution in [2.24, 2.45) is 0 Å². The van der Waals surface area contributed by atoms with Crippen LogP contribution < -0.4 is 4.72 Å². The molecule has 1 aliphatic heterocycles. The highest BCUT2D eigenvalue weighted by Crippen LogP contribution is 2.14. The fraction of sp³-hybridized carbons (Fsp3) is 0.500. The summed E-state index contributed by atoms with van der Waals surface area (Å²) < 4.78 is 31.3. The molecule has 132 valence electrons. The summed E-state index contributed by atoms with van der Waals surface area (Å²) in [4.78, 5) is 25.1. The molecule has 2 rings (SSSR count). The lowest BCUT2D eigenvalue weighted by Crippen LogP contribution is -2.35. The third-order valence-electron chi connectivity index (χ3n) is 4.01. The first-order valence-corrected chi connectivity index (χ1v) is 9.28. The van der Waals surface area contributed by atoms with Crippen molar-refractivity contribution in [2.45, 2.75) is 31.6 Å².